The second-order valence-corrected chi connectivity index (χ2v) is 4.72. The van der Waals surface area contributed by atoms with E-state index in [2.05, 4.69) is 20.9 Å². The van der Waals surface area contributed by atoms with Gasteiger partial charge >= 0.3 is 6.03 Å². The van der Waals surface area contributed by atoms with Crippen LogP contribution in [0.2, 0.25) is 0 Å². The van der Waals surface area contributed by atoms with Crippen LogP contribution in [0, 0.1) is 0 Å². The molecule has 6 heteroatoms. The Balaban J connectivity index is 1.71. The van der Waals surface area contributed by atoms with Crippen LogP contribution in [0.3, 0.4) is 0 Å². The number of carbonyl (C=O) groups excluding carboxylic acids is 1. The van der Waals surface area contributed by atoms with Gasteiger partial charge in [-0.2, -0.15) is 0 Å². The fourth-order valence-electron chi connectivity index (χ4n) is 2.51. The summed E-state index contributed by atoms with van der Waals surface area (Å²) in [6.07, 6.45) is 11.4. The van der Waals surface area contributed by atoms with Crippen molar-refractivity contribution < 1.29 is 4.79 Å². The normalized spacial score (nSPS) is 19.8. The summed E-state index contributed by atoms with van der Waals surface area (Å²) < 4.78 is 1.57. The molecule has 1 aliphatic carbocycles. The molecule has 1 amide bonds. The summed E-state index contributed by atoms with van der Waals surface area (Å²) in [5.41, 5.74) is 0.815. The summed E-state index contributed by atoms with van der Waals surface area (Å²) in [6.45, 7) is 0. The Hall–Kier alpha value is -1.98. The van der Waals surface area contributed by atoms with Gasteiger partial charge in [0.25, 0.3) is 0 Å². The van der Waals surface area contributed by atoms with E-state index in [9.17, 15) is 4.79 Å². The molecule has 2 aliphatic rings. The number of hydrogen-bond acceptors (Lipinski definition) is 4. The maximum Gasteiger partial charge on any atom is 0.327 e. The number of rotatable bonds is 2. The lowest BCUT2D eigenvalue weighted by Crippen LogP contribution is -2.38. The standard InChI is InChI=1S/C12H17N5O/c18-12(16-9-3-1-2-4-9)17-8-13-7-10(17)11-14-5-6-15-11/h5-9,11,14-15H,1-4H2,(H,16,18). The molecule has 1 saturated carbocycles. The van der Waals surface area contributed by atoms with Gasteiger partial charge in [-0.05, 0) is 12.8 Å². The minimum atomic E-state index is -0.0927. The van der Waals surface area contributed by atoms with E-state index < -0.39 is 0 Å². The highest BCUT2D eigenvalue weighted by atomic mass is 16.2. The van der Waals surface area contributed by atoms with Crippen molar-refractivity contribution >= 4 is 6.03 Å². The van der Waals surface area contributed by atoms with Crippen LogP contribution >= 0.6 is 0 Å². The Labute approximate surface area is 105 Å². The molecular formula is C12H17N5O. The molecule has 96 valence electrons. The van der Waals surface area contributed by atoms with Crippen molar-refractivity contribution in [2.75, 3.05) is 0 Å². The van der Waals surface area contributed by atoms with Crippen molar-refractivity contribution in [3.63, 3.8) is 0 Å². The van der Waals surface area contributed by atoms with Crippen LogP contribution in [0.5, 0.6) is 0 Å². The molecule has 6 nitrogen and oxygen atoms in total. The Morgan fingerprint density at radius 2 is 2.06 bits per heavy atom. The number of carbonyl (C=O) groups is 1. The van der Waals surface area contributed by atoms with Crippen LogP contribution in [0.4, 0.5) is 4.79 Å². The molecule has 0 spiro atoms. The van der Waals surface area contributed by atoms with Gasteiger partial charge in [-0.15, -0.1) is 0 Å². The second kappa shape index (κ2) is 4.72. The van der Waals surface area contributed by atoms with Crippen molar-refractivity contribution in [3.05, 3.63) is 30.6 Å². The van der Waals surface area contributed by atoms with Gasteiger partial charge in [-0.25, -0.2) is 9.78 Å². The zero-order valence-corrected chi connectivity index (χ0v) is 10.1. The third-order valence-electron chi connectivity index (χ3n) is 3.47. The maximum atomic E-state index is 12.2. The van der Waals surface area contributed by atoms with Crippen LogP contribution < -0.4 is 16.0 Å². The van der Waals surface area contributed by atoms with Gasteiger partial charge in [-0.3, -0.25) is 4.57 Å². The Kier molecular flexibility index (Phi) is 2.92. The number of imidazole rings is 1. The zero-order valence-electron chi connectivity index (χ0n) is 10.1. The number of hydrogen-bond donors (Lipinski definition) is 3. The molecule has 1 aliphatic heterocycles. The van der Waals surface area contributed by atoms with Gasteiger partial charge in [0.05, 0.1) is 11.9 Å². The largest absolute Gasteiger partial charge is 0.365 e. The molecule has 0 radical (unpaired) electrons. The summed E-state index contributed by atoms with van der Waals surface area (Å²) in [6, 6.07) is 0.222. The lowest BCUT2D eigenvalue weighted by Gasteiger charge is -2.17. The maximum absolute atomic E-state index is 12.2. The third kappa shape index (κ3) is 2.05. The Morgan fingerprint density at radius 3 is 2.78 bits per heavy atom. The summed E-state index contributed by atoms with van der Waals surface area (Å²) in [5, 5.41) is 9.28. The van der Waals surface area contributed by atoms with Gasteiger partial charge < -0.3 is 16.0 Å². The second-order valence-electron chi connectivity index (χ2n) is 4.72. The molecule has 0 saturated heterocycles. The van der Waals surface area contributed by atoms with E-state index in [-0.39, 0.29) is 12.2 Å². The third-order valence-corrected chi connectivity index (χ3v) is 3.47. The lowest BCUT2D eigenvalue weighted by atomic mass is 10.2. The lowest BCUT2D eigenvalue weighted by molar-refractivity contribution is 0.237. The van der Waals surface area contributed by atoms with Crippen LogP contribution in [0.25, 0.3) is 0 Å². The monoisotopic (exact) mass is 247 g/mol. The van der Waals surface area contributed by atoms with Crippen LogP contribution in [-0.2, 0) is 0 Å². The van der Waals surface area contributed by atoms with Gasteiger partial charge in [-0.1, -0.05) is 12.8 Å². The first-order valence-corrected chi connectivity index (χ1v) is 6.35. The average molecular weight is 247 g/mol. The van der Waals surface area contributed by atoms with Crippen LogP contribution in [0.1, 0.15) is 37.5 Å². The fourth-order valence-corrected chi connectivity index (χ4v) is 2.51. The molecule has 3 N–H and O–H groups in total. The molecule has 3 rings (SSSR count). The van der Waals surface area contributed by atoms with E-state index >= 15 is 0 Å². The fraction of sp³-hybridized carbons (Fsp3) is 0.500. The van der Waals surface area contributed by atoms with E-state index in [0.717, 1.165) is 18.5 Å². The highest BCUT2D eigenvalue weighted by molar-refractivity contribution is 5.77. The van der Waals surface area contributed by atoms with Crippen molar-refractivity contribution in [2.45, 2.75) is 37.9 Å². The average Bonchev–Trinajstić information content (AvgIpc) is 3.11. The first kappa shape index (κ1) is 11.1. The van der Waals surface area contributed by atoms with Crippen LogP contribution in [-0.4, -0.2) is 21.6 Å². The van der Waals surface area contributed by atoms with Gasteiger partial charge in [0.1, 0.15) is 12.5 Å². The summed E-state index contributed by atoms with van der Waals surface area (Å²) >= 11 is 0. The first-order chi connectivity index (χ1) is 8.84. The molecule has 0 aromatic carbocycles. The predicted octanol–water partition coefficient (Wildman–Crippen LogP) is 1.05. The van der Waals surface area contributed by atoms with Crippen LogP contribution in [0.15, 0.2) is 24.9 Å². The Morgan fingerprint density at radius 1 is 1.33 bits per heavy atom. The number of nitrogens with one attached hydrogen (secondary N) is 3. The highest BCUT2D eigenvalue weighted by Gasteiger charge is 2.22. The van der Waals surface area contributed by atoms with E-state index in [4.69, 9.17) is 0 Å². The van der Waals surface area contributed by atoms with E-state index in [1.165, 1.54) is 12.8 Å². The van der Waals surface area contributed by atoms with E-state index in [1.54, 1.807) is 17.1 Å². The first-order valence-electron chi connectivity index (χ1n) is 6.35. The van der Waals surface area contributed by atoms with Crippen molar-refractivity contribution in [3.8, 4) is 0 Å². The number of amides is 1. The molecule has 0 unspecified atom stereocenters. The van der Waals surface area contributed by atoms with E-state index in [0.29, 0.717) is 6.04 Å². The summed E-state index contributed by atoms with van der Waals surface area (Å²) in [4.78, 5) is 16.2. The summed E-state index contributed by atoms with van der Waals surface area (Å²) in [7, 11) is 0. The van der Waals surface area contributed by atoms with Gasteiger partial charge in [0, 0.05) is 18.4 Å². The molecule has 1 fully saturated rings. The molecule has 2 heterocycles. The smallest absolute Gasteiger partial charge is 0.327 e. The molecule has 1 aromatic heterocycles. The minimum Gasteiger partial charge on any atom is -0.365 e. The summed E-state index contributed by atoms with van der Waals surface area (Å²) in [5.74, 6) is 0. The van der Waals surface area contributed by atoms with Gasteiger partial charge in [0.2, 0.25) is 0 Å². The number of nitrogens with zero attached hydrogens (tertiary/aromatic N) is 2. The van der Waals surface area contributed by atoms with Crippen molar-refractivity contribution in [1.29, 1.82) is 0 Å². The molecule has 0 bridgehead atoms. The zero-order chi connectivity index (χ0) is 12.4. The van der Waals surface area contributed by atoms with Gasteiger partial charge in [0.15, 0.2) is 0 Å². The topological polar surface area (TPSA) is 71.0 Å². The minimum absolute atomic E-state index is 0.0816. The molecule has 1 aromatic rings. The molecular weight excluding hydrogens is 230 g/mol. The molecule has 18 heavy (non-hydrogen) atoms. The Bertz CT molecular complexity index is 453. The predicted molar refractivity (Wildman–Crippen MR) is 66.6 cm³/mol. The molecule has 0 atom stereocenters. The van der Waals surface area contributed by atoms with Crippen molar-refractivity contribution in [1.82, 2.24) is 25.5 Å². The number of aromatic nitrogens is 2. The quantitative estimate of drug-likeness (QED) is 0.730. The highest BCUT2D eigenvalue weighted by Crippen LogP contribution is 2.18. The SMILES string of the molecule is O=C(NC1CCCC1)n1cncc1C1NC=CN1. The van der Waals surface area contributed by atoms with E-state index in [1.807, 2.05) is 12.4 Å². The van der Waals surface area contributed by atoms with Crippen molar-refractivity contribution in [2.24, 2.45) is 0 Å².